The van der Waals surface area contributed by atoms with Crippen LogP contribution in [0.5, 0.6) is 0 Å². The fourth-order valence-electron chi connectivity index (χ4n) is 1.63. The molecule has 0 radical (unpaired) electrons. The normalized spacial score (nSPS) is 11.1. The second-order valence-corrected chi connectivity index (χ2v) is 5.96. The molecule has 2 rings (SSSR count). The van der Waals surface area contributed by atoms with Gasteiger partial charge in [0.1, 0.15) is 10.7 Å². The molecule has 9 heteroatoms. The van der Waals surface area contributed by atoms with E-state index in [2.05, 4.69) is 9.71 Å². The molecule has 0 aliphatic carbocycles. The highest BCUT2D eigenvalue weighted by Crippen LogP contribution is 2.23. The van der Waals surface area contributed by atoms with E-state index < -0.39 is 14.9 Å². The van der Waals surface area contributed by atoms with Gasteiger partial charge in [0, 0.05) is 18.3 Å². The van der Waals surface area contributed by atoms with Crippen LogP contribution in [0.25, 0.3) is 0 Å². The summed E-state index contributed by atoms with van der Waals surface area (Å²) in [7, 11) is -3.82. The molecule has 0 fully saturated rings. The van der Waals surface area contributed by atoms with Crippen LogP contribution in [0.3, 0.4) is 0 Å². The Morgan fingerprint density at radius 3 is 2.52 bits per heavy atom. The number of nitrogens with zero attached hydrogens (tertiary/aromatic N) is 2. The molecule has 1 aromatic heterocycles. The summed E-state index contributed by atoms with van der Waals surface area (Å²) in [5, 5.41) is 10.6. The smallest absolute Gasteiger partial charge is 0.269 e. The number of hydrogen-bond donors (Lipinski definition) is 2. The lowest BCUT2D eigenvalue weighted by Crippen LogP contribution is -2.14. The second-order valence-electron chi connectivity index (χ2n) is 4.28. The quantitative estimate of drug-likeness (QED) is 0.653. The maximum Gasteiger partial charge on any atom is 0.269 e. The van der Waals surface area contributed by atoms with Crippen LogP contribution in [0.4, 0.5) is 17.2 Å². The van der Waals surface area contributed by atoms with E-state index in [1.54, 1.807) is 6.92 Å². The highest BCUT2D eigenvalue weighted by atomic mass is 32.2. The van der Waals surface area contributed by atoms with Gasteiger partial charge in [-0.15, -0.1) is 0 Å². The predicted molar refractivity (Wildman–Crippen MR) is 77.3 cm³/mol. The number of nitrogen functional groups attached to an aromatic ring is 1. The first kappa shape index (κ1) is 14.7. The first-order valence-corrected chi connectivity index (χ1v) is 7.27. The van der Waals surface area contributed by atoms with Crippen LogP contribution in [0.15, 0.2) is 41.4 Å². The Balaban J connectivity index is 2.32. The molecular weight excluding hydrogens is 296 g/mol. The van der Waals surface area contributed by atoms with Gasteiger partial charge in [0.25, 0.3) is 15.7 Å². The molecule has 0 spiro atoms. The van der Waals surface area contributed by atoms with E-state index in [-0.39, 0.29) is 22.1 Å². The Labute approximate surface area is 120 Å². The predicted octanol–water partition coefficient (Wildman–Crippen LogP) is 1.68. The van der Waals surface area contributed by atoms with Gasteiger partial charge in [0.2, 0.25) is 0 Å². The van der Waals surface area contributed by atoms with Crippen molar-refractivity contribution in [1.29, 1.82) is 0 Å². The molecule has 0 amide bonds. The average Bonchev–Trinajstić information content (AvgIpc) is 2.41. The fourth-order valence-corrected chi connectivity index (χ4v) is 2.71. The van der Waals surface area contributed by atoms with E-state index in [0.717, 1.165) is 6.20 Å². The molecule has 1 aromatic carbocycles. The van der Waals surface area contributed by atoms with Crippen LogP contribution in [-0.4, -0.2) is 18.3 Å². The molecule has 0 aliphatic heterocycles. The van der Waals surface area contributed by atoms with Crippen molar-refractivity contribution in [1.82, 2.24) is 4.98 Å². The first-order valence-electron chi connectivity index (χ1n) is 5.79. The third kappa shape index (κ3) is 3.26. The summed E-state index contributed by atoms with van der Waals surface area (Å²) in [6.45, 7) is 1.58. The van der Waals surface area contributed by atoms with E-state index in [4.69, 9.17) is 5.73 Å². The van der Waals surface area contributed by atoms with E-state index in [1.165, 1.54) is 30.3 Å². The number of nitro benzene ring substituents is 1. The van der Waals surface area contributed by atoms with Gasteiger partial charge >= 0.3 is 0 Å². The monoisotopic (exact) mass is 308 g/mol. The summed E-state index contributed by atoms with van der Waals surface area (Å²) in [6.07, 6.45) is 1.14. The molecule has 0 unspecified atom stereocenters. The molecule has 3 N–H and O–H groups in total. The van der Waals surface area contributed by atoms with Gasteiger partial charge in [0.05, 0.1) is 10.6 Å². The van der Waals surface area contributed by atoms with Gasteiger partial charge in [0.15, 0.2) is 0 Å². The van der Waals surface area contributed by atoms with Gasteiger partial charge in [-0.1, -0.05) is 0 Å². The highest BCUT2D eigenvalue weighted by molar-refractivity contribution is 7.92. The second kappa shape index (κ2) is 5.37. The van der Waals surface area contributed by atoms with Gasteiger partial charge in [-0.2, -0.15) is 0 Å². The maximum atomic E-state index is 12.2. The van der Waals surface area contributed by atoms with E-state index in [9.17, 15) is 18.5 Å². The minimum absolute atomic E-state index is 0.0468. The fraction of sp³-hybridized carbons (Fsp3) is 0.0833. The molecule has 1 heterocycles. The molecule has 0 saturated heterocycles. The van der Waals surface area contributed by atoms with E-state index >= 15 is 0 Å². The summed E-state index contributed by atoms with van der Waals surface area (Å²) in [6, 6.07) is 6.56. The molecule has 0 saturated carbocycles. The van der Waals surface area contributed by atoms with Gasteiger partial charge in [-0.3, -0.25) is 14.8 Å². The third-order valence-corrected chi connectivity index (χ3v) is 4.09. The van der Waals surface area contributed by atoms with Gasteiger partial charge in [-0.05, 0) is 30.7 Å². The highest BCUT2D eigenvalue weighted by Gasteiger charge is 2.17. The molecule has 110 valence electrons. The Hall–Kier alpha value is -2.68. The van der Waals surface area contributed by atoms with Crippen LogP contribution in [0.2, 0.25) is 0 Å². The summed E-state index contributed by atoms with van der Waals surface area (Å²) >= 11 is 0. The van der Waals surface area contributed by atoms with Crippen molar-refractivity contribution in [2.45, 2.75) is 11.8 Å². The Bertz CT molecular complexity index is 787. The van der Waals surface area contributed by atoms with Crippen molar-refractivity contribution in [2.75, 3.05) is 10.5 Å². The zero-order chi connectivity index (χ0) is 15.6. The Kier molecular flexibility index (Phi) is 3.76. The zero-order valence-corrected chi connectivity index (χ0v) is 11.8. The van der Waals surface area contributed by atoms with Gasteiger partial charge in [-0.25, -0.2) is 13.4 Å². The topological polar surface area (TPSA) is 128 Å². The van der Waals surface area contributed by atoms with Crippen molar-refractivity contribution < 1.29 is 13.3 Å². The number of nitrogens with two attached hydrogens (primary N) is 1. The minimum atomic E-state index is -3.82. The molecule has 21 heavy (non-hydrogen) atoms. The number of aryl methyl sites for hydroxylation is 1. The van der Waals surface area contributed by atoms with Crippen molar-refractivity contribution in [3.63, 3.8) is 0 Å². The summed E-state index contributed by atoms with van der Waals surface area (Å²) in [4.78, 5) is 13.8. The third-order valence-electron chi connectivity index (χ3n) is 2.73. The van der Waals surface area contributed by atoms with Crippen molar-refractivity contribution in [3.8, 4) is 0 Å². The molecular formula is C12H12N4O4S. The Morgan fingerprint density at radius 2 is 2.00 bits per heavy atom. The molecule has 0 atom stereocenters. The van der Waals surface area contributed by atoms with E-state index in [1.807, 2.05) is 0 Å². The van der Waals surface area contributed by atoms with Crippen molar-refractivity contribution >= 4 is 27.2 Å². The molecule has 8 nitrogen and oxygen atoms in total. The van der Waals surface area contributed by atoms with E-state index in [0.29, 0.717) is 5.56 Å². The SMILES string of the molecule is Cc1cc([N+](=O)[O-])ccc1NS(=O)(=O)c1ccc(N)nc1. The van der Waals surface area contributed by atoms with Crippen molar-refractivity contribution in [3.05, 3.63) is 52.2 Å². The molecule has 2 aromatic rings. The summed E-state index contributed by atoms with van der Waals surface area (Å²) in [5.74, 6) is 0.209. The summed E-state index contributed by atoms with van der Waals surface area (Å²) in [5.41, 5.74) is 6.00. The van der Waals surface area contributed by atoms with Crippen LogP contribution in [0, 0.1) is 17.0 Å². The number of aromatic nitrogens is 1. The zero-order valence-electron chi connectivity index (χ0n) is 11.0. The first-order chi connectivity index (χ1) is 9.79. The number of sulfonamides is 1. The number of nitro groups is 1. The number of rotatable bonds is 4. The number of anilines is 2. The number of non-ortho nitro benzene ring substituents is 1. The lowest BCUT2D eigenvalue weighted by molar-refractivity contribution is -0.384. The molecule has 0 aliphatic rings. The number of hydrogen-bond acceptors (Lipinski definition) is 6. The lowest BCUT2D eigenvalue weighted by atomic mass is 10.2. The number of pyridine rings is 1. The van der Waals surface area contributed by atoms with Gasteiger partial charge < -0.3 is 5.73 Å². The van der Waals surface area contributed by atoms with Crippen LogP contribution < -0.4 is 10.5 Å². The minimum Gasteiger partial charge on any atom is -0.384 e. The van der Waals surface area contributed by atoms with Crippen LogP contribution in [-0.2, 0) is 10.0 Å². The van der Waals surface area contributed by atoms with Crippen LogP contribution >= 0.6 is 0 Å². The molecule has 0 bridgehead atoms. The largest absolute Gasteiger partial charge is 0.384 e. The number of nitrogens with one attached hydrogen (secondary N) is 1. The standard InChI is InChI=1S/C12H12N4O4S/c1-8-6-9(16(17)18)2-4-11(8)15-21(19,20)10-3-5-12(13)14-7-10/h2-7,15H,1H3,(H2,13,14). The summed E-state index contributed by atoms with van der Waals surface area (Å²) < 4.78 is 26.7. The maximum absolute atomic E-state index is 12.2. The number of benzene rings is 1. The van der Waals surface area contributed by atoms with Crippen molar-refractivity contribution in [2.24, 2.45) is 0 Å². The lowest BCUT2D eigenvalue weighted by Gasteiger charge is -2.10. The van der Waals surface area contributed by atoms with Crippen LogP contribution in [0.1, 0.15) is 5.56 Å². The Morgan fingerprint density at radius 1 is 1.29 bits per heavy atom. The average molecular weight is 308 g/mol.